The fourth-order valence-corrected chi connectivity index (χ4v) is 17.5. The Morgan fingerprint density at radius 1 is 0.565 bits per heavy atom. The van der Waals surface area contributed by atoms with Crippen LogP contribution in [-0.4, -0.2) is 263 Å². The quantitative estimate of drug-likeness (QED) is 0.0513. The number of hydrogen-bond acceptors (Lipinski definition) is 26. The van der Waals surface area contributed by atoms with Gasteiger partial charge >= 0.3 is 5.97 Å². The Hall–Kier alpha value is -1.75. The lowest BCUT2D eigenvalue weighted by Crippen LogP contribution is -2.67. The Bertz CT molecular complexity index is 2370. The number of esters is 1. The zero-order valence-corrected chi connectivity index (χ0v) is 49.8. The summed E-state index contributed by atoms with van der Waals surface area (Å²) in [4.78, 5) is 15.2. The van der Waals surface area contributed by atoms with Crippen LogP contribution in [0.3, 0.4) is 0 Å². The molecule has 0 amide bonds. The van der Waals surface area contributed by atoms with Crippen molar-refractivity contribution in [1.82, 2.24) is 0 Å². The third-order valence-electron chi connectivity index (χ3n) is 23.2. The molecule has 4 saturated carbocycles. The Labute approximate surface area is 494 Å². The Morgan fingerprint density at radius 3 is 1.76 bits per heavy atom. The van der Waals surface area contributed by atoms with Gasteiger partial charge in [0, 0.05) is 5.41 Å². The van der Waals surface area contributed by atoms with E-state index in [-0.39, 0.29) is 47.2 Å². The summed E-state index contributed by atoms with van der Waals surface area (Å²) in [5.74, 6) is -0.861. The Morgan fingerprint density at radius 2 is 1.14 bits per heavy atom. The number of fused-ring (bicyclic) bond motifs is 7. The second-order valence-electron chi connectivity index (χ2n) is 28.5. The second kappa shape index (κ2) is 24.4. The molecule has 5 aliphatic carbocycles. The molecule has 5 aliphatic heterocycles. The van der Waals surface area contributed by atoms with Crippen molar-refractivity contribution in [2.45, 2.75) is 273 Å². The number of aliphatic hydroxyl groups excluding tert-OH is 15. The molecule has 0 aromatic carbocycles. The molecule has 26 nitrogen and oxygen atoms in total. The number of carbonyl (C=O) groups excluding carboxylic acids is 1. The van der Waals surface area contributed by atoms with Crippen molar-refractivity contribution in [2.24, 2.45) is 50.2 Å². The number of ether oxygens (including phenoxy) is 10. The Kier molecular flexibility index (Phi) is 19.0. The van der Waals surface area contributed by atoms with Crippen LogP contribution in [0.1, 0.15) is 120 Å². The molecular weight excluding hydrogens is 1120 g/mol. The van der Waals surface area contributed by atoms with Gasteiger partial charge in [0.2, 0.25) is 6.29 Å². The molecule has 5 heterocycles. The van der Waals surface area contributed by atoms with Crippen LogP contribution in [0.25, 0.3) is 0 Å². The number of allylic oxidation sites excluding steroid dienone is 2. The highest BCUT2D eigenvalue weighted by Gasteiger charge is 2.71. The third kappa shape index (κ3) is 11.1. The van der Waals surface area contributed by atoms with E-state index in [1.807, 2.05) is 6.92 Å². The van der Waals surface area contributed by atoms with Crippen molar-refractivity contribution < 1.29 is 129 Å². The van der Waals surface area contributed by atoms with E-state index >= 15 is 4.79 Å². The first-order chi connectivity index (χ1) is 39.8. The fourth-order valence-electron chi connectivity index (χ4n) is 17.5. The summed E-state index contributed by atoms with van der Waals surface area (Å²) in [6, 6.07) is 0. The van der Waals surface area contributed by atoms with Crippen molar-refractivity contribution >= 4 is 5.97 Å². The first-order valence-corrected chi connectivity index (χ1v) is 30.6. The smallest absolute Gasteiger partial charge is 0.315 e. The van der Waals surface area contributed by atoms with Gasteiger partial charge in [-0.25, -0.2) is 0 Å². The predicted molar refractivity (Wildman–Crippen MR) is 288 cm³/mol. The maximum Gasteiger partial charge on any atom is 0.315 e. The number of rotatable bonds is 13. The summed E-state index contributed by atoms with van der Waals surface area (Å²) in [6.07, 6.45) is -29.6. The fraction of sp³-hybridized carbons (Fsp3) is 0.949. The highest BCUT2D eigenvalue weighted by atomic mass is 16.8. The first kappa shape index (κ1) is 66.2. The third-order valence-corrected chi connectivity index (χ3v) is 23.2. The number of carbonyl (C=O) groups is 1. The van der Waals surface area contributed by atoms with Gasteiger partial charge in [0.1, 0.15) is 104 Å². The standard InChI is InChI=1S/C59H96O26/c1-24-34(63)38(67)42(71)49(78-24)83-46-29(20-60)80-48(45(74)41(46)70)77-22-30-37(66)40(69)44(73)51(81-30)85-53(75)59-17-15-54(3,4)19-27(59)26-9-10-32-55(5)13-12-33(56(6,23-61)31(55)11-14-58(32,8)57(26,7)16-18-59)82-52-47(36(65)28(62)21-76-52)84-50-43(72)39(68)35(64)25(2)79-50/h9,24-25,27-52,60-74H,10-23H2,1-8H3/t24-,25-,27-,28+,29+,30+,31+,32-,33-,34-,35-,36+,37+,38+,39+,40-,41+,42+,43+,44+,45+,46+,47-,48+,49-,50-,51-,52+,55-,56-,57-,58+,59-/m0/s1. The molecule has 9 fully saturated rings. The minimum Gasteiger partial charge on any atom is -0.432 e. The molecule has 33 atom stereocenters. The maximum atomic E-state index is 15.2. The van der Waals surface area contributed by atoms with Crippen LogP contribution < -0.4 is 0 Å². The highest BCUT2D eigenvalue weighted by Crippen LogP contribution is 2.76. The number of aliphatic hydroxyl groups is 15. The van der Waals surface area contributed by atoms with Crippen molar-refractivity contribution in [1.29, 1.82) is 0 Å². The summed E-state index contributed by atoms with van der Waals surface area (Å²) in [5.41, 5.74) is -1.93. The minimum absolute atomic E-state index is 0.0670. The van der Waals surface area contributed by atoms with E-state index in [1.165, 1.54) is 19.4 Å². The predicted octanol–water partition coefficient (Wildman–Crippen LogP) is -2.54. The van der Waals surface area contributed by atoms with E-state index in [4.69, 9.17) is 47.4 Å². The van der Waals surface area contributed by atoms with Gasteiger partial charge in [-0.1, -0.05) is 53.2 Å². The first-order valence-electron chi connectivity index (χ1n) is 30.6. The molecular formula is C59H96O26. The normalized spacial score (nSPS) is 55.3. The molecule has 0 radical (unpaired) electrons. The zero-order chi connectivity index (χ0) is 62.0. The highest BCUT2D eigenvalue weighted by molar-refractivity contribution is 5.79. The van der Waals surface area contributed by atoms with Gasteiger partial charge in [-0.3, -0.25) is 4.79 Å². The van der Waals surface area contributed by atoms with E-state index in [2.05, 4.69) is 40.7 Å². The van der Waals surface area contributed by atoms with Crippen molar-refractivity contribution in [3.05, 3.63) is 11.6 Å². The van der Waals surface area contributed by atoms with E-state index in [1.54, 1.807) is 0 Å². The molecule has 85 heavy (non-hydrogen) atoms. The summed E-state index contributed by atoms with van der Waals surface area (Å²) in [5, 5.41) is 163. The second-order valence-corrected chi connectivity index (χ2v) is 28.5. The molecule has 26 heteroatoms. The average Bonchev–Trinajstić information content (AvgIpc) is 0.692. The van der Waals surface area contributed by atoms with Crippen LogP contribution in [0, 0.1) is 50.2 Å². The van der Waals surface area contributed by atoms with Crippen molar-refractivity contribution in [2.75, 3.05) is 26.4 Å². The van der Waals surface area contributed by atoms with Gasteiger partial charge in [0.15, 0.2) is 25.2 Å². The minimum atomic E-state index is -1.90. The summed E-state index contributed by atoms with van der Waals surface area (Å²) in [7, 11) is 0. The van der Waals surface area contributed by atoms with E-state index in [0.29, 0.717) is 51.4 Å². The van der Waals surface area contributed by atoms with Gasteiger partial charge in [-0.15, -0.1) is 0 Å². The molecule has 5 saturated heterocycles. The molecule has 10 rings (SSSR count). The molecule has 10 aliphatic rings. The maximum absolute atomic E-state index is 15.2. The van der Waals surface area contributed by atoms with Crippen LogP contribution in [0.4, 0.5) is 0 Å². The van der Waals surface area contributed by atoms with Crippen LogP contribution in [0.5, 0.6) is 0 Å². The molecule has 0 spiro atoms. The van der Waals surface area contributed by atoms with Crippen molar-refractivity contribution in [3.8, 4) is 0 Å². The molecule has 0 bridgehead atoms. The number of hydrogen-bond donors (Lipinski definition) is 15. The van der Waals surface area contributed by atoms with Gasteiger partial charge in [0.05, 0.1) is 50.2 Å². The van der Waals surface area contributed by atoms with Gasteiger partial charge in [-0.05, 0) is 117 Å². The largest absolute Gasteiger partial charge is 0.432 e. The van der Waals surface area contributed by atoms with Gasteiger partial charge in [-0.2, -0.15) is 0 Å². The van der Waals surface area contributed by atoms with E-state index < -0.39 is 189 Å². The molecule has 0 aromatic heterocycles. The van der Waals surface area contributed by atoms with Crippen LogP contribution in [-0.2, 0) is 52.2 Å². The Balaban J connectivity index is 0.833. The monoisotopic (exact) mass is 1220 g/mol. The molecule has 0 aromatic rings. The summed E-state index contributed by atoms with van der Waals surface area (Å²) < 4.78 is 59.4. The van der Waals surface area contributed by atoms with Crippen LogP contribution in [0.2, 0.25) is 0 Å². The van der Waals surface area contributed by atoms with Crippen LogP contribution in [0.15, 0.2) is 11.6 Å². The lowest BCUT2D eigenvalue weighted by molar-refractivity contribution is -0.365. The van der Waals surface area contributed by atoms with Crippen LogP contribution >= 0.6 is 0 Å². The zero-order valence-electron chi connectivity index (χ0n) is 49.8. The van der Waals surface area contributed by atoms with E-state index in [0.717, 1.165) is 12.8 Å². The average molecular weight is 1220 g/mol. The summed E-state index contributed by atoms with van der Waals surface area (Å²) >= 11 is 0. The van der Waals surface area contributed by atoms with E-state index in [9.17, 15) is 76.6 Å². The topological polar surface area (TPSA) is 413 Å². The van der Waals surface area contributed by atoms with Gasteiger partial charge < -0.3 is 124 Å². The molecule has 0 unspecified atom stereocenters. The van der Waals surface area contributed by atoms with Crippen molar-refractivity contribution in [3.63, 3.8) is 0 Å². The lowest BCUT2D eigenvalue weighted by Gasteiger charge is -2.71. The van der Waals surface area contributed by atoms with Gasteiger partial charge in [0.25, 0.3) is 0 Å². The molecule has 488 valence electrons. The SMILES string of the molecule is C[C@@H]1O[C@@H](O[C@@H]2[C@@H](O[C@H]3CC[C@@]4(C)[C@@H](CC[C@]5(C)[C@H]4CC=C4[C@@H]6CC(C)(C)CC[C@]6(C(=O)O[C@@H]6O[C@H](CO[C@@H]7O[C@H](CO)[C@@H](O[C@@H]8O[C@@H](C)[C@H](O)[C@@H](O)[C@H]8O)[C@H](O)[C@H]7O)[C@@H](O)[C@H](O)[C@H]6O)CC[C@@]45C)[C@]3(C)CO)OC[C@@H](O)[C@H]2O)[C@H](O)[C@H](O)[C@H]1O. The molecule has 15 N–H and O–H groups in total. The summed E-state index contributed by atoms with van der Waals surface area (Å²) in [6.45, 7) is 14.3. The lowest BCUT2D eigenvalue weighted by atomic mass is 9.33.